The van der Waals surface area contributed by atoms with E-state index in [1.165, 1.54) is 16.7 Å². The highest BCUT2D eigenvalue weighted by molar-refractivity contribution is 5.41. The average molecular weight is 252 g/mol. The lowest BCUT2D eigenvalue weighted by atomic mass is 9.80. The maximum atomic E-state index is 5.99. The van der Waals surface area contributed by atoms with E-state index in [-0.39, 0.29) is 6.23 Å². The van der Waals surface area contributed by atoms with Crippen molar-refractivity contribution in [1.29, 1.82) is 0 Å². The molecule has 0 amide bonds. The monoisotopic (exact) mass is 252 g/mol. The second-order valence-corrected chi connectivity index (χ2v) is 5.77. The smallest absolute Gasteiger partial charge is 0.139 e. The number of likely N-dealkylation sites (N-methyl/N-ethyl adjacent to an activating group) is 1. The van der Waals surface area contributed by atoms with Gasteiger partial charge in [0.05, 0.1) is 11.5 Å². The zero-order chi connectivity index (χ0) is 13.0. The van der Waals surface area contributed by atoms with E-state index in [0.29, 0.717) is 12.0 Å². The number of hydrogen-bond acceptors (Lipinski definition) is 1. The van der Waals surface area contributed by atoms with Crippen molar-refractivity contribution in [2.24, 2.45) is 0 Å². The molecular weight excluding hydrogens is 234 g/mol. The Morgan fingerprint density at radius 1 is 0.895 bits per heavy atom. The Labute approximate surface area is 113 Å². The first-order chi connectivity index (χ1) is 9.22. The van der Waals surface area contributed by atoms with Crippen LogP contribution >= 0.6 is 0 Å². The standard InChI is InChI=1S/C17H18NO/c1-12-16(13-8-4-3-5-9-13)14-10-6-7-11-15(14)17-18(12,2)19-17/h3-12,16-17H,1-2H3/q+1/t12-,16+,17+,18-/m1/s1. The number of fused-ring (bicyclic) bond motifs is 3. The van der Waals surface area contributed by atoms with E-state index in [2.05, 4.69) is 68.6 Å². The Bertz CT molecular complexity index is 624. The van der Waals surface area contributed by atoms with Crippen LogP contribution in [0.3, 0.4) is 0 Å². The number of benzene rings is 2. The molecule has 0 radical (unpaired) electrons. The first-order valence-electron chi connectivity index (χ1n) is 6.90. The van der Waals surface area contributed by atoms with Crippen molar-refractivity contribution in [3.63, 3.8) is 0 Å². The molecule has 1 saturated heterocycles. The summed E-state index contributed by atoms with van der Waals surface area (Å²) in [4.78, 5) is 5.99. The van der Waals surface area contributed by atoms with E-state index < -0.39 is 0 Å². The zero-order valence-corrected chi connectivity index (χ0v) is 11.3. The SMILES string of the molecule is C[C@@H]1[C@@H](c2ccccc2)c2ccccc2[C@@H]2O[N@+]12C. The van der Waals surface area contributed by atoms with Crippen LogP contribution in [0.5, 0.6) is 0 Å². The molecule has 0 N–H and O–H groups in total. The summed E-state index contributed by atoms with van der Waals surface area (Å²) in [6, 6.07) is 20.0. The summed E-state index contributed by atoms with van der Waals surface area (Å²) in [5.74, 6) is 0.418. The highest BCUT2D eigenvalue weighted by Gasteiger charge is 2.66. The number of rotatable bonds is 1. The fourth-order valence-electron chi connectivity index (χ4n) is 3.52. The lowest BCUT2D eigenvalue weighted by molar-refractivity contribution is -0.929. The minimum absolute atomic E-state index is 0.242. The van der Waals surface area contributed by atoms with Crippen molar-refractivity contribution < 1.29 is 9.48 Å². The molecule has 2 aliphatic heterocycles. The minimum atomic E-state index is 0.242. The molecule has 2 aromatic rings. The van der Waals surface area contributed by atoms with Crippen molar-refractivity contribution in [1.82, 2.24) is 0 Å². The molecule has 2 nitrogen and oxygen atoms in total. The molecule has 0 spiro atoms. The van der Waals surface area contributed by atoms with Crippen LogP contribution < -0.4 is 0 Å². The van der Waals surface area contributed by atoms with Crippen LogP contribution in [0.1, 0.15) is 35.8 Å². The van der Waals surface area contributed by atoms with Gasteiger partial charge in [-0.3, -0.25) is 0 Å². The molecule has 0 unspecified atom stereocenters. The van der Waals surface area contributed by atoms with E-state index in [0.717, 1.165) is 4.65 Å². The van der Waals surface area contributed by atoms with Gasteiger partial charge < -0.3 is 0 Å². The fourth-order valence-corrected chi connectivity index (χ4v) is 3.52. The Morgan fingerprint density at radius 3 is 2.26 bits per heavy atom. The van der Waals surface area contributed by atoms with E-state index in [9.17, 15) is 0 Å². The third-order valence-electron chi connectivity index (χ3n) is 4.79. The fraction of sp³-hybridized carbons (Fsp3) is 0.294. The first kappa shape index (κ1) is 11.2. The number of nitrogens with zero attached hydrogens (tertiary/aromatic N) is 1. The van der Waals surface area contributed by atoms with Gasteiger partial charge in [0.15, 0.2) is 0 Å². The second kappa shape index (κ2) is 3.69. The molecule has 1 fully saturated rings. The minimum Gasteiger partial charge on any atom is -0.139 e. The van der Waals surface area contributed by atoms with Crippen molar-refractivity contribution in [2.75, 3.05) is 7.05 Å². The van der Waals surface area contributed by atoms with E-state index in [4.69, 9.17) is 4.84 Å². The van der Waals surface area contributed by atoms with Gasteiger partial charge in [0.25, 0.3) is 6.23 Å². The largest absolute Gasteiger partial charge is 0.300 e. The van der Waals surface area contributed by atoms with Crippen molar-refractivity contribution in [3.8, 4) is 0 Å². The molecule has 2 heterocycles. The molecule has 0 aromatic heterocycles. The van der Waals surface area contributed by atoms with E-state index >= 15 is 0 Å². The Morgan fingerprint density at radius 2 is 1.53 bits per heavy atom. The van der Waals surface area contributed by atoms with Gasteiger partial charge >= 0.3 is 0 Å². The van der Waals surface area contributed by atoms with E-state index in [1.807, 2.05) is 0 Å². The van der Waals surface area contributed by atoms with Crippen LogP contribution in [0.2, 0.25) is 0 Å². The molecule has 96 valence electrons. The molecule has 19 heavy (non-hydrogen) atoms. The Hall–Kier alpha value is -1.64. The maximum Gasteiger partial charge on any atom is 0.300 e. The van der Waals surface area contributed by atoms with Crippen LogP contribution in [0, 0.1) is 0 Å². The van der Waals surface area contributed by atoms with Gasteiger partial charge in [-0.05, 0) is 24.1 Å². The molecule has 2 aromatic carbocycles. The third kappa shape index (κ3) is 1.44. The Kier molecular flexibility index (Phi) is 2.17. The summed E-state index contributed by atoms with van der Waals surface area (Å²) in [6.07, 6.45) is 0.242. The van der Waals surface area contributed by atoms with Crippen LogP contribution in [-0.2, 0) is 4.84 Å². The number of quaternary nitrogens is 1. The van der Waals surface area contributed by atoms with Crippen LogP contribution in [0.25, 0.3) is 0 Å². The summed E-state index contributed by atoms with van der Waals surface area (Å²) in [5, 5.41) is 0. The van der Waals surface area contributed by atoms with Gasteiger partial charge in [-0.25, -0.2) is 0 Å². The van der Waals surface area contributed by atoms with Gasteiger partial charge in [-0.2, -0.15) is 0 Å². The van der Waals surface area contributed by atoms with Crippen LogP contribution in [0.4, 0.5) is 0 Å². The predicted molar refractivity (Wildman–Crippen MR) is 74.2 cm³/mol. The number of hydroxylamine groups is 3. The first-order valence-corrected chi connectivity index (χ1v) is 6.90. The van der Waals surface area contributed by atoms with E-state index in [1.54, 1.807) is 0 Å². The molecule has 0 bridgehead atoms. The third-order valence-corrected chi connectivity index (χ3v) is 4.79. The molecule has 4 atom stereocenters. The molecule has 2 heteroatoms. The highest BCUT2D eigenvalue weighted by atomic mass is 16.9. The summed E-state index contributed by atoms with van der Waals surface area (Å²) in [6.45, 7) is 2.30. The summed E-state index contributed by atoms with van der Waals surface area (Å²) in [7, 11) is 2.20. The maximum absolute atomic E-state index is 5.99. The summed E-state index contributed by atoms with van der Waals surface area (Å²) < 4.78 is 0.719. The summed E-state index contributed by atoms with van der Waals surface area (Å²) in [5.41, 5.74) is 4.17. The van der Waals surface area contributed by atoms with Crippen LogP contribution in [0.15, 0.2) is 54.6 Å². The average Bonchev–Trinajstić information content (AvgIpc) is 3.15. The highest BCUT2D eigenvalue weighted by Crippen LogP contribution is 2.57. The van der Waals surface area contributed by atoms with Gasteiger partial charge in [0.2, 0.25) is 0 Å². The van der Waals surface area contributed by atoms with Crippen molar-refractivity contribution in [2.45, 2.75) is 25.1 Å². The normalized spacial score (nSPS) is 35.4. The molecule has 2 aliphatic rings. The zero-order valence-electron chi connectivity index (χ0n) is 11.3. The van der Waals surface area contributed by atoms with Gasteiger partial charge in [-0.1, -0.05) is 48.5 Å². The quantitative estimate of drug-likeness (QED) is 0.558. The van der Waals surface area contributed by atoms with Crippen molar-refractivity contribution in [3.05, 3.63) is 71.3 Å². The topological polar surface area (TPSA) is 12.5 Å². The lowest BCUT2D eigenvalue weighted by Gasteiger charge is -2.31. The molecule has 0 aliphatic carbocycles. The number of hydrogen-bond donors (Lipinski definition) is 0. The Balaban J connectivity index is 1.91. The predicted octanol–water partition coefficient (Wildman–Crippen LogP) is 3.61. The lowest BCUT2D eigenvalue weighted by Crippen LogP contribution is -2.40. The van der Waals surface area contributed by atoms with Crippen molar-refractivity contribution >= 4 is 0 Å². The molecule has 0 saturated carbocycles. The van der Waals surface area contributed by atoms with Gasteiger partial charge in [-0.15, -0.1) is 9.48 Å². The molecular formula is C17H18NO+. The second-order valence-electron chi connectivity index (χ2n) is 5.77. The summed E-state index contributed by atoms with van der Waals surface area (Å²) >= 11 is 0. The van der Waals surface area contributed by atoms with Gasteiger partial charge in [0.1, 0.15) is 13.1 Å². The van der Waals surface area contributed by atoms with Gasteiger partial charge in [0, 0.05) is 0 Å². The van der Waals surface area contributed by atoms with Crippen LogP contribution in [-0.4, -0.2) is 17.7 Å². The molecule has 4 rings (SSSR count).